The van der Waals surface area contributed by atoms with E-state index in [2.05, 4.69) is 42.4 Å². The summed E-state index contributed by atoms with van der Waals surface area (Å²) >= 11 is 12.4. The smallest absolute Gasteiger partial charge is 0.271 e. The third-order valence-corrected chi connectivity index (χ3v) is 4.13. The van der Waals surface area contributed by atoms with Crippen molar-refractivity contribution in [1.82, 2.24) is 5.43 Å². The van der Waals surface area contributed by atoms with Crippen LogP contribution in [0.1, 0.15) is 22.8 Å². The third kappa shape index (κ3) is 4.09. The topological polar surface area (TPSA) is 61.7 Å². The number of nitrogens with zero attached hydrogens (tertiary/aromatic N) is 1. The van der Waals surface area contributed by atoms with Crippen LogP contribution >= 0.6 is 43.5 Å². The largest absolute Gasteiger partial charge is 0.506 e. The van der Waals surface area contributed by atoms with Gasteiger partial charge in [-0.25, -0.2) is 5.43 Å². The lowest BCUT2D eigenvalue weighted by Gasteiger charge is -2.08. The molecule has 0 fully saturated rings. The summed E-state index contributed by atoms with van der Waals surface area (Å²) in [6.45, 7) is 1.69. The first-order chi connectivity index (χ1) is 10.4. The second kappa shape index (κ2) is 7.26. The zero-order chi connectivity index (χ0) is 16.3. The van der Waals surface area contributed by atoms with Crippen LogP contribution < -0.4 is 5.43 Å². The van der Waals surface area contributed by atoms with Crippen LogP contribution in [0.25, 0.3) is 0 Å². The predicted molar refractivity (Wildman–Crippen MR) is 94.6 cm³/mol. The van der Waals surface area contributed by atoms with E-state index in [1.54, 1.807) is 43.3 Å². The van der Waals surface area contributed by atoms with E-state index in [-0.39, 0.29) is 11.7 Å². The number of rotatable bonds is 3. The van der Waals surface area contributed by atoms with Crippen LogP contribution in [0.15, 0.2) is 50.4 Å². The molecule has 0 unspecified atom stereocenters. The number of amides is 1. The first-order valence-electron chi connectivity index (χ1n) is 6.17. The lowest BCUT2D eigenvalue weighted by atomic mass is 10.1. The maximum Gasteiger partial charge on any atom is 0.271 e. The lowest BCUT2D eigenvalue weighted by molar-refractivity contribution is 0.0955. The molecule has 0 bridgehead atoms. The molecule has 4 nitrogen and oxygen atoms in total. The highest BCUT2D eigenvalue weighted by atomic mass is 79.9. The Hall–Kier alpha value is -1.37. The number of halogens is 3. The average molecular weight is 447 g/mol. The fourth-order valence-electron chi connectivity index (χ4n) is 1.73. The molecule has 0 heterocycles. The van der Waals surface area contributed by atoms with Crippen LogP contribution in [0, 0.1) is 0 Å². The minimum atomic E-state index is -0.379. The SMILES string of the molecule is CC(=NNC(=O)c1cccc(Cl)c1)c1cc(Br)cc(Br)c1O. The van der Waals surface area contributed by atoms with Crippen LogP contribution in [-0.4, -0.2) is 16.7 Å². The molecule has 2 aromatic carbocycles. The van der Waals surface area contributed by atoms with Crippen LogP contribution in [0.5, 0.6) is 5.75 Å². The van der Waals surface area contributed by atoms with Crippen molar-refractivity contribution in [2.75, 3.05) is 0 Å². The monoisotopic (exact) mass is 444 g/mol. The molecule has 7 heteroatoms. The van der Waals surface area contributed by atoms with Gasteiger partial charge >= 0.3 is 0 Å². The van der Waals surface area contributed by atoms with Gasteiger partial charge < -0.3 is 5.11 Å². The summed E-state index contributed by atoms with van der Waals surface area (Å²) < 4.78 is 1.32. The van der Waals surface area contributed by atoms with Crippen LogP contribution in [0.3, 0.4) is 0 Å². The normalized spacial score (nSPS) is 11.4. The maximum atomic E-state index is 12.0. The number of nitrogens with one attached hydrogen (secondary N) is 1. The molecule has 22 heavy (non-hydrogen) atoms. The van der Waals surface area contributed by atoms with E-state index in [0.717, 1.165) is 4.47 Å². The zero-order valence-electron chi connectivity index (χ0n) is 11.4. The van der Waals surface area contributed by atoms with Crippen molar-refractivity contribution in [2.24, 2.45) is 5.10 Å². The van der Waals surface area contributed by atoms with E-state index in [4.69, 9.17) is 11.6 Å². The Morgan fingerprint density at radius 3 is 2.68 bits per heavy atom. The van der Waals surface area contributed by atoms with Gasteiger partial charge in [-0.2, -0.15) is 5.10 Å². The summed E-state index contributed by atoms with van der Waals surface area (Å²) in [5, 5.41) is 14.5. The van der Waals surface area contributed by atoms with Crippen LogP contribution in [-0.2, 0) is 0 Å². The molecule has 114 valence electrons. The fourth-order valence-corrected chi connectivity index (χ4v) is 3.15. The number of carbonyl (C=O) groups excluding carboxylic acids is 1. The first kappa shape index (κ1) is 17.0. The van der Waals surface area contributed by atoms with Gasteiger partial charge in [0.25, 0.3) is 5.91 Å². The van der Waals surface area contributed by atoms with Crippen molar-refractivity contribution in [3.63, 3.8) is 0 Å². The highest BCUT2D eigenvalue weighted by Gasteiger charge is 2.11. The van der Waals surface area contributed by atoms with Crippen molar-refractivity contribution >= 4 is 55.1 Å². The lowest BCUT2D eigenvalue weighted by Crippen LogP contribution is -2.19. The molecule has 0 aliphatic rings. The van der Waals surface area contributed by atoms with Crippen LogP contribution in [0.4, 0.5) is 0 Å². The van der Waals surface area contributed by atoms with Gasteiger partial charge in [-0.05, 0) is 53.2 Å². The van der Waals surface area contributed by atoms with Gasteiger partial charge in [-0.1, -0.05) is 33.6 Å². The number of hydrogen-bond donors (Lipinski definition) is 2. The van der Waals surface area contributed by atoms with Crippen molar-refractivity contribution in [3.8, 4) is 5.75 Å². The van der Waals surface area contributed by atoms with E-state index in [1.165, 1.54) is 0 Å². The van der Waals surface area contributed by atoms with Gasteiger partial charge in [0.2, 0.25) is 0 Å². The quantitative estimate of drug-likeness (QED) is 0.529. The van der Waals surface area contributed by atoms with Gasteiger partial charge in [0.15, 0.2) is 0 Å². The van der Waals surface area contributed by atoms with E-state index >= 15 is 0 Å². The number of carbonyl (C=O) groups is 1. The molecule has 0 saturated heterocycles. The number of aromatic hydroxyl groups is 1. The minimum Gasteiger partial charge on any atom is -0.506 e. The van der Waals surface area contributed by atoms with Gasteiger partial charge in [0.05, 0.1) is 10.2 Å². The molecule has 0 aromatic heterocycles. The number of phenolic OH excluding ortho intramolecular Hbond substituents is 1. The molecule has 0 spiro atoms. The molecule has 2 N–H and O–H groups in total. The standard InChI is InChI=1S/C15H11Br2ClN2O2/c1-8(12-6-10(16)7-13(17)14(12)21)19-20-15(22)9-3-2-4-11(18)5-9/h2-7,21H,1H3,(H,20,22). The maximum absolute atomic E-state index is 12.0. The highest BCUT2D eigenvalue weighted by molar-refractivity contribution is 9.11. The number of phenols is 1. The molecule has 0 saturated carbocycles. The number of hydrogen-bond acceptors (Lipinski definition) is 3. The summed E-state index contributed by atoms with van der Waals surface area (Å²) in [7, 11) is 0. The molecule has 0 aliphatic carbocycles. The molecule has 0 atom stereocenters. The average Bonchev–Trinajstić information content (AvgIpc) is 2.48. The summed E-state index contributed by atoms with van der Waals surface area (Å²) in [5.74, 6) is -0.322. The molecule has 2 rings (SSSR count). The van der Waals surface area contributed by atoms with Gasteiger partial charge in [0, 0.05) is 20.6 Å². The summed E-state index contributed by atoms with van der Waals surface area (Å²) in [6, 6.07) is 9.99. The molecule has 2 aromatic rings. The Morgan fingerprint density at radius 1 is 1.27 bits per heavy atom. The van der Waals surface area contributed by atoms with Crippen molar-refractivity contribution in [2.45, 2.75) is 6.92 Å². The zero-order valence-corrected chi connectivity index (χ0v) is 15.3. The molecule has 1 amide bonds. The fraction of sp³-hybridized carbons (Fsp3) is 0.0667. The third-order valence-electron chi connectivity index (χ3n) is 2.83. The minimum absolute atomic E-state index is 0.0569. The predicted octanol–water partition coefficient (Wildman–Crippen LogP) is 4.72. The second-order valence-electron chi connectivity index (χ2n) is 4.43. The number of benzene rings is 2. The Bertz CT molecular complexity index is 763. The Morgan fingerprint density at radius 2 is 2.00 bits per heavy atom. The van der Waals surface area contributed by atoms with E-state index in [9.17, 15) is 9.90 Å². The van der Waals surface area contributed by atoms with Gasteiger partial charge in [-0.15, -0.1) is 0 Å². The van der Waals surface area contributed by atoms with E-state index in [0.29, 0.717) is 26.3 Å². The molecular formula is C15H11Br2ClN2O2. The Balaban J connectivity index is 2.22. The van der Waals surface area contributed by atoms with Crippen LogP contribution in [0.2, 0.25) is 5.02 Å². The van der Waals surface area contributed by atoms with Crippen molar-refractivity contribution in [1.29, 1.82) is 0 Å². The highest BCUT2D eigenvalue weighted by Crippen LogP contribution is 2.32. The Labute approximate surface area is 149 Å². The molecular weight excluding hydrogens is 435 g/mol. The second-order valence-corrected chi connectivity index (χ2v) is 6.64. The summed E-state index contributed by atoms with van der Waals surface area (Å²) in [5.41, 5.74) is 3.82. The van der Waals surface area contributed by atoms with Crippen molar-refractivity contribution < 1.29 is 9.90 Å². The Kier molecular flexibility index (Phi) is 5.61. The van der Waals surface area contributed by atoms with Gasteiger partial charge in [-0.3, -0.25) is 4.79 Å². The van der Waals surface area contributed by atoms with Gasteiger partial charge in [0.1, 0.15) is 5.75 Å². The van der Waals surface area contributed by atoms with E-state index < -0.39 is 0 Å². The summed E-state index contributed by atoms with van der Waals surface area (Å²) in [6.07, 6.45) is 0. The van der Waals surface area contributed by atoms with E-state index in [1.807, 2.05) is 0 Å². The summed E-state index contributed by atoms with van der Waals surface area (Å²) in [4.78, 5) is 12.0. The molecule has 0 aliphatic heterocycles. The number of hydrazone groups is 1. The molecule has 0 radical (unpaired) electrons. The van der Waals surface area contributed by atoms with Crippen molar-refractivity contribution in [3.05, 3.63) is 61.5 Å². The first-order valence-corrected chi connectivity index (χ1v) is 8.13.